The highest BCUT2D eigenvalue weighted by Crippen LogP contribution is 2.48. The number of fused-ring (bicyclic) bond motifs is 4. The summed E-state index contributed by atoms with van der Waals surface area (Å²) in [5.74, 6) is 1.54. The lowest BCUT2D eigenvalue weighted by atomic mass is 9.91. The van der Waals surface area contributed by atoms with E-state index < -0.39 is 16.0 Å². The minimum absolute atomic E-state index is 0.0151. The Morgan fingerprint density at radius 2 is 0.804 bits per heavy atom. The van der Waals surface area contributed by atoms with Crippen LogP contribution in [0, 0.1) is 28.6 Å². The molecule has 22 rings (SSSR count). The van der Waals surface area contributed by atoms with Gasteiger partial charge >= 0.3 is 0 Å². The van der Waals surface area contributed by atoms with E-state index in [0.717, 1.165) is 172 Å². The second kappa shape index (κ2) is 44.5. The van der Waals surface area contributed by atoms with Crippen LogP contribution in [0.2, 0.25) is 0 Å². The number of anilines is 3. The van der Waals surface area contributed by atoms with Crippen molar-refractivity contribution in [2.45, 2.75) is 184 Å². The highest BCUT2D eigenvalue weighted by Gasteiger charge is 2.42. The molecule has 3 atom stereocenters. The van der Waals surface area contributed by atoms with E-state index in [-0.39, 0.29) is 47.1 Å². The molecule has 14 heterocycles. The van der Waals surface area contributed by atoms with Crippen LogP contribution in [0.1, 0.15) is 159 Å². The molecule has 2 N–H and O–H groups in total. The normalized spacial score (nSPS) is 16.6. The summed E-state index contributed by atoms with van der Waals surface area (Å²) in [5.41, 5.74) is 33.1. The largest absolute Gasteiger partial charge is 0.355 e. The second-order valence-corrected chi connectivity index (χ2v) is 43.0. The number of amides is 5. The standard InChI is InChI=1S/C24H29N5O.C23H26FN5O.C23H25N5O.C22H25N5O.C21H26N6O3S/c1-17(30)28-11-8-23-21(15-28)22(26-29(23)16-24(2)9-10-24)12-18-4-6-19(7-5-18)20-13-25-27(3)14-20;1-15(30)28-8-7-23-20(14-28)22(26-29(23)13-18-10-21(18)24)9-16-3-5-17(6-4-16)19-11-25-27(2)12-19;1-16(29)28-11-9-21-18(4-3-10-24)12-23(22(21)15-28)26-20-7-5-17(6-8-20)19-13-25-27(2)14-19;1-4-10-27-22-9-11-26(16(2)28)15-20(22)21(24-27)12-17-5-7-18(8-6-17)19-13-23-25(3)14-19;1-15(28)26-9-8-20-19(14-26)21(24-27(20)10-11-31(3,29)30)23-18-6-4-16(5-7-18)17-12-22-25(2)13-17/h4-7,13-14H,8-12,15-16H2,1-3H3;3-6,11-12,18,21H,7-10,13-14H2,1-2H3;5-8,12-14,18,26H,3-4,9,11,15H2,1-2H3;4-8,13-14H,1,9-12,15H2,2-3H3;4-7,12-13H,8-11,14H2,1-3H3,(H,23,24)/t;18-,21+;;;/m.0.../s1. The Kier molecular flexibility index (Phi) is 30.8. The summed E-state index contributed by atoms with van der Waals surface area (Å²) in [6.07, 6.45) is 34.8. The van der Waals surface area contributed by atoms with Crippen LogP contribution in [0.5, 0.6) is 0 Å². The van der Waals surface area contributed by atoms with Gasteiger partial charge in [-0.15, -0.1) is 6.58 Å². The minimum atomic E-state index is -3.10. The molecule has 35 heteroatoms. The Hall–Kier alpha value is -15.5. The van der Waals surface area contributed by atoms with Gasteiger partial charge in [-0.3, -0.25) is 66.1 Å². The van der Waals surface area contributed by atoms with Crippen molar-refractivity contribution in [2.75, 3.05) is 61.9 Å². The molecular formula is C113H131FN26O7S. The molecule has 5 amide bonds. The minimum Gasteiger partial charge on any atom is -0.355 e. The number of aryl methyl sites for hydroxylation is 6. The van der Waals surface area contributed by atoms with Gasteiger partial charge in [0, 0.05) is 332 Å². The van der Waals surface area contributed by atoms with E-state index in [1.165, 1.54) is 80.7 Å². The lowest BCUT2D eigenvalue weighted by Gasteiger charge is -2.30. The molecule has 14 aromatic rings. The fourth-order valence-corrected chi connectivity index (χ4v) is 21.0. The molecule has 9 aromatic heterocycles. The van der Waals surface area contributed by atoms with E-state index >= 15 is 0 Å². The number of nitriles is 1. The summed E-state index contributed by atoms with van der Waals surface area (Å²) in [6.45, 7) is 23.6. The molecule has 2 fully saturated rings. The summed E-state index contributed by atoms with van der Waals surface area (Å²) in [6, 6.07) is 44.2. The van der Waals surface area contributed by atoms with Crippen LogP contribution in [0.3, 0.4) is 0 Å². The molecule has 5 aliphatic heterocycles. The van der Waals surface area contributed by atoms with E-state index in [9.17, 15) is 36.8 Å². The molecule has 0 spiro atoms. The fourth-order valence-electron chi connectivity index (χ4n) is 20.5. The summed E-state index contributed by atoms with van der Waals surface area (Å²) in [4.78, 5) is 69.0. The Morgan fingerprint density at radius 1 is 0.459 bits per heavy atom. The van der Waals surface area contributed by atoms with E-state index in [0.29, 0.717) is 102 Å². The third-order valence-corrected chi connectivity index (χ3v) is 30.4. The van der Waals surface area contributed by atoms with Crippen molar-refractivity contribution in [2.24, 2.45) is 52.5 Å². The van der Waals surface area contributed by atoms with Gasteiger partial charge in [-0.1, -0.05) is 122 Å². The second-order valence-electron chi connectivity index (χ2n) is 40.8. The first-order valence-corrected chi connectivity index (χ1v) is 53.0. The maximum absolute atomic E-state index is 13.5. The monoisotopic (exact) mass is 2020 g/mol. The molecule has 8 aliphatic rings. The number of rotatable bonds is 26. The van der Waals surface area contributed by atoms with Gasteiger partial charge in [0.2, 0.25) is 29.5 Å². The van der Waals surface area contributed by atoms with Crippen molar-refractivity contribution in [1.29, 1.82) is 5.26 Å². The molecule has 2 saturated carbocycles. The molecule has 0 saturated heterocycles. The van der Waals surface area contributed by atoms with Crippen LogP contribution in [0.4, 0.5) is 21.6 Å². The first-order valence-electron chi connectivity index (χ1n) is 51.0. The molecule has 3 aliphatic carbocycles. The topological polar surface area (TPSA) is 344 Å². The Morgan fingerprint density at radius 3 is 1.16 bits per heavy atom. The number of allylic oxidation sites excluding steroid dienone is 2. The molecular weight excluding hydrogens is 1880 g/mol. The van der Waals surface area contributed by atoms with Crippen LogP contribution < -0.4 is 10.6 Å². The average Bonchev–Trinajstić information content (AvgIpc) is 1.62. The third-order valence-electron chi connectivity index (χ3n) is 29.4. The summed E-state index contributed by atoms with van der Waals surface area (Å²) in [5, 5.41) is 56.5. The van der Waals surface area contributed by atoms with Gasteiger partial charge in [0.15, 0.2) is 5.82 Å². The molecule has 5 aromatic carbocycles. The zero-order valence-electron chi connectivity index (χ0n) is 86.6. The van der Waals surface area contributed by atoms with Crippen molar-refractivity contribution >= 4 is 56.6 Å². The number of nitrogens with zero attached hydrogens (tertiary/aromatic N) is 24. The van der Waals surface area contributed by atoms with Crippen LogP contribution >= 0.6 is 0 Å². The average molecular weight is 2020 g/mol. The lowest BCUT2D eigenvalue weighted by molar-refractivity contribution is -0.130. The SMILES string of the molecule is C=CCn1nc(Cc2ccc(-c3cnn(C)c3)cc2)c2c1CCN(C(C)=O)C2.CC(=O)N1CCC2=C(C1)C(Nc1ccc(-c3cnn(C)c3)cc1)=CC2CCC#N.CC(=O)N1CCc2c(c(Cc3ccc(-c4cnn(C)c4)cc3)nn2CC2(C)CC2)C1.CC(=O)N1CCc2c(c(Cc3ccc(-c4cnn(C)c4)cc3)nn2C[C@@H]2C[C@H]2F)C1.CC(=O)N1CCc2c(c(Nc3ccc(-c4cnn(C)c4)cc3)nn2CCS(C)(=O)=O)C1. The Labute approximate surface area is 863 Å². The van der Waals surface area contributed by atoms with Gasteiger partial charge in [0.25, 0.3) is 0 Å². The molecule has 33 nitrogen and oxygen atoms in total. The molecule has 148 heavy (non-hydrogen) atoms. The Bertz CT molecular complexity index is 7450. The number of hydrogen-bond donors (Lipinski definition) is 2. The van der Waals surface area contributed by atoms with E-state index in [1.54, 1.807) is 58.2 Å². The van der Waals surface area contributed by atoms with E-state index in [1.807, 2.05) is 166 Å². The predicted molar refractivity (Wildman–Crippen MR) is 567 cm³/mol. The van der Waals surface area contributed by atoms with Crippen molar-refractivity contribution in [3.05, 3.63) is 298 Å². The van der Waals surface area contributed by atoms with Gasteiger partial charge in [-0.05, 0) is 112 Å². The maximum Gasteiger partial charge on any atom is 0.219 e. The molecule has 768 valence electrons. The highest BCUT2D eigenvalue weighted by molar-refractivity contribution is 7.90. The van der Waals surface area contributed by atoms with Crippen LogP contribution in [0.25, 0.3) is 55.6 Å². The number of benzene rings is 5. The number of nitrogens with one attached hydrogen (secondary N) is 2. The number of halogens is 1. The van der Waals surface area contributed by atoms with Crippen molar-refractivity contribution < 1.29 is 36.8 Å². The molecule has 0 radical (unpaired) electrons. The van der Waals surface area contributed by atoms with E-state index in [2.05, 4.69) is 169 Å². The smallest absolute Gasteiger partial charge is 0.219 e. The quantitative estimate of drug-likeness (QED) is 0.0476. The zero-order valence-corrected chi connectivity index (χ0v) is 87.4. The Balaban J connectivity index is 0.000000121. The number of sulfone groups is 1. The highest BCUT2D eigenvalue weighted by atomic mass is 32.2. The van der Waals surface area contributed by atoms with Gasteiger partial charge in [0.05, 0.1) is 79.5 Å². The number of alkyl halides is 1. The first-order chi connectivity index (χ1) is 71.2. The van der Waals surface area contributed by atoms with Crippen LogP contribution in [-0.4, -0.2) is 208 Å². The number of carbonyl (C=O) groups is 5. The van der Waals surface area contributed by atoms with E-state index in [4.69, 9.17) is 20.6 Å². The lowest BCUT2D eigenvalue weighted by Crippen LogP contribution is -2.36. The number of carbonyl (C=O) groups excluding carboxylic acids is 5. The number of aromatic nitrogens is 18. The van der Waals surface area contributed by atoms with Gasteiger partial charge in [0.1, 0.15) is 16.0 Å². The summed E-state index contributed by atoms with van der Waals surface area (Å²) < 4.78 is 53.8. The van der Waals surface area contributed by atoms with Crippen molar-refractivity contribution in [3.63, 3.8) is 0 Å². The van der Waals surface area contributed by atoms with Crippen LogP contribution in [0.15, 0.2) is 219 Å². The summed E-state index contributed by atoms with van der Waals surface area (Å²) in [7, 11) is 6.46. The van der Waals surface area contributed by atoms with Crippen molar-refractivity contribution in [1.82, 2.24) is 113 Å². The van der Waals surface area contributed by atoms with Crippen molar-refractivity contribution in [3.8, 4) is 61.7 Å². The third kappa shape index (κ3) is 24.7. The molecule has 0 bridgehead atoms. The summed E-state index contributed by atoms with van der Waals surface area (Å²) >= 11 is 0. The maximum atomic E-state index is 13.5. The number of hydrogen-bond acceptors (Lipinski definition) is 19. The predicted octanol–water partition coefficient (Wildman–Crippen LogP) is 15.5. The zero-order chi connectivity index (χ0) is 104. The first kappa shape index (κ1) is 103. The van der Waals surface area contributed by atoms with Gasteiger partial charge < -0.3 is 35.1 Å². The van der Waals surface area contributed by atoms with Gasteiger partial charge in [-0.25, -0.2) is 12.8 Å². The van der Waals surface area contributed by atoms with Crippen LogP contribution in [-0.2, 0) is 166 Å². The fraction of sp³-hybridized carbons (Fsp3) is 0.389. The molecule has 1 unspecified atom stereocenters. The van der Waals surface area contributed by atoms with Gasteiger partial charge in [-0.2, -0.15) is 51.2 Å².